The average Bonchev–Trinajstić information content (AvgIpc) is 2.47. The van der Waals surface area contributed by atoms with Gasteiger partial charge in [-0.2, -0.15) is 0 Å². The number of carbonyl (C=O) groups excluding carboxylic acids is 2. The van der Waals surface area contributed by atoms with Crippen LogP contribution < -0.4 is 10.6 Å². The summed E-state index contributed by atoms with van der Waals surface area (Å²) >= 11 is 5.88. The molecule has 0 aliphatic rings. The van der Waals surface area contributed by atoms with Crippen molar-refractivity contribution in [2.45, 2.75) is 13.5 Å². The van der Waals surface area contributed by atoms with E-state index in [0.29, 0.717) is 16.8 Å². The standard InChI is InChI=1S/C16H14ClFN2O2/c1-10(21)11-3-6-14(7-4-11)20-16(22)19-9-12-2-5-13(18)8-15(12)17/h2-8H,9H2,1H3,(H2,19,20,22). The molecule has 0 heterocycles. The topological polar surface area (TPSA) is 58.2 Å². The van der Waals surface area contributed by atoms with Crippen molar-refractivity contribution in [3.63, 3.8) is 0 Å². The molecule has 6 heteroatoms. The summed E-state index contributed by atoms with van der Waals surface area (Å²) in [5, 5.41) is 5.51. The molecular weight excluding hydrogens is 307 g/mol. The van der Waals surface area contributed by atoms with Crippen LogP contribution in [0.25, 0.3) is 0 Å². The summed E-state index contributed by atoms with van der Waals surface area (Å²) in [5.41, 5.74) is 1.75. The number of ketones is 1. The van der Waals surface area contributed by atoms with E-state index in [1.54, 1.807) is 24.3 Å². The first-order chi connectivity index (χ1) is 10.5. The van der Waals surface area contributed by atoms with E-state index in [4.69, 9.17) is 11.6 Å². The number of hydrogen-bond donors (Lipinski definition) is 2. The van der Waals surface area contributed by atoms with Crippen LogP contribution in [0, 0.1) is 5.82 Å². The Morgan fingerprint density at radius 2 is 1.82 bits per heavy atom. The van der Waals surface area contributed by atoms with E-state index >= 15 is 0 Å². The Kier molecular flexibility index (Phi) is 5.12. The molecule has 0 spiro atoms. The second-order valence-corrected chi connectivity index (χ2v) is 5.08. The zero-order valence-electron chi connectivity index (χ0n) is 11.8. The fourth-order valence-electron chi connectivity index (χ4n) is 1.80. The van der Waals surface area contributed by atoms with Crippen LogP contribution in [0.5, 0.6) is 0 Å². The van der Waals surface area contributed by atoms with Gasteiger partial charge in [0.15, 0.2) is 5.78 Å². The molecule has 22 heavy (non-hydrogen) atoms. The number of halogens is 2. The van der Waals surface area contributed by atoms with Gasteiger partial charge in [0.05, 0.1) is 0 Å². The molecule has 0 saturated heterocycles. The van der Waals surface area contributed by atoms with Gasteiger partial charge in [-0.25, -0.2) is 9.18 Å². The molecule has 0 aliphatic heterocycles. The molecule has 0 fully saturated rings. The lowest BCUT2D eigenvalue weighted by Gasteiger charge is -2.09. The Morgan fingerprint density at radius 1 is 1.14 bits per heavy atom. The molecular formula is C16H14ClFN2O2. The van der Waals surface area contributed by atoms with Crippen LogP contribution >= 0.6 is 11.6 Å². The zero-order chi connectivity index (χ0) is 16.1. The minimum Gasteiger partial charge on any atom is -0.334 e. The quantitative estimate of drug-likeness (QED) is 0.836. The molecule has 2 aromatic carbocycles. The first-order valence-corrected chi connectivity index (χ1v) is 6.93. The first-order valence-electron chi connectivity index (χ1n) is 6.55. The van der Waals surface area contributed by atoms with Gasteiger partial charge >= 0.3 is 6.03 Å². The van der Waals surface area contributed by atoms with Crippen molar-refractivity contribution in [1.82, 2.24) is 5.32 Å². The number of rotatable bonds is 4. The molecule has 4 nitrogen and oxygen atoms in total. The van der Waals surface area contributed by atoms with Crippen LogP contribution in [0.15, 0.2) is 42.5 Å². The van der Waals surface area contributed by atoms with E-state index in [-0.39, 0.29) is 17.4 Å². The normalized spacial score (nSPS) is 10.1. The van der Waals surface area contributed by atoms with Crippen molar-refractivity contribution in [1.29, 1.82) is 0 Å². The summed E-state index contributed by atoms with van der Waals surface area (Å²) in [6.07, 6.45) is 0. The minimum atomic E-state index is -0.427. The predicted octanol–water partition coefficient (Wildman–Crippen LogP) is 4.00. The van der Waals surface area contributed by atoms with E-state index < -0.39 is 11.8 Å². The lowest BCUT2D eigenvalue weighted by Crippen LogP contribution is -2.28. The summed E-state index contributed by atoms with van der Waals surface area (Å²) in [6, 6.07) is 10.1. The summed E-state index contributed by atoms with van der Waals surface area (Å²) in [4.78, 5) is 22.9. The Balaban J connectivity index is 1.91. The predicted molar refractivity (Wildman–Crippen MR) is 83.7 cm³/mol. The van der Waals surface area contributed by atoms with Gasteiger partial charge in [-0.15, -0.1) is 0 Å². The molecule has 2 aromatic rings. The second kappa shape index (κ2) is 7.04. The Bertz CT molecular complexity index is 702. The van der Waals surface area contributed by atoms with Crippen molar-refractivity contribution < 1.29 is 14.0 Å². The maximum absolute atomic E-state index is 12.9. The molecule has 0 atom stereocenters. The minimum absolute atomic E-state index is 0.0399. The molecule has 2 N–H and O–H groups in total. The van der Waals surface area contributed by atoms with Gasteiger partial charge in [0.1, 0.15) is 5.82 Å². The number of Topliss-reactive ketones (excluding diaryl/α,β-unsaturated/α-hetero) is 1. The van der Waals surface area contributed by atoms with Gasteiger partial charge < -0.3 is 10.6 Å². The van der Waals surface area contributed by atoms with E-state index in [1.165, 1.54) is 25.1 Å². The summed E-state index contributed by atoms with van der Waals surface area (Å²) < 4.78 is 12.9. The van der Waals surface area contributed by atoms with Crippen LogP contribution in [-0.4, -0.2) is 11.8 Å². The van der Waals surface area contributed by atoms with Crippen LogP contribution in [0.4, 0.5) is 14.9 Å². The Morgan fingerprint density at radius 3 is 2.41 bits per heavy atom. The van der Waals surface area contributed by atoms with Gasteiger partial charge in [-0.05, 0) is 48.9 Å². The zero-order valence-corrected chi connectivity index (χ0v) is 12.6. The maximum Gasteiger partial charge on any atom is 0.319 e. The second-order valence-electron chi connectivity index (χ2n) is 4.68. The molecule has 0 aromatic heterocycles. The molecule has 0 radical (unpaired) electrons. The number of hydrogen-bond acceptors (Lipinski definition) is 2. The van der Waals surface area contributed by atoms with E-state index in [2.05, 4.69) is 10.6 Å². The highest BCUT2D eigenvalue weighted by molar-refractivity contribution is 6.31. The van der Waals surface area contributed by atoms with Crippen LogP contribution in [0.1, 0.15) is 22.8 Å². The lowest BCUT2D eigenvalue weighted by atomic mass is 10.1. The molecule has 114 valence electrons. The highest BCUT2D eigenvalue weighted by Crippen LogP contribution is 2.17. The molecule has 2 amide bonds. The lowest BCUT2D eigenvalue weighted by molar-refractivity contribution is 0.101. The number of amides is 2. The van der Waals surface area contributed by atoms with Crippen molar-refractivity contribution in [3.05, 3.63) is 64.4 Å². The number of carbonyl (C=O) groups is 2. The number of urea groups is 1. The van der Waals surface area contributed by atoms with E-state index in [9.17, 15) is 14.0 Å². The molecule has 2 rings (SSSR count). The maximum atomic E-state index is 12.9. The summed E-state index contributed by atoms with van der Waals surface area (Å²) in [5.74, 6) is -0.467. The fraction of sp³-hybridized carbons (Fsp3) is 0.125. The smallest absolute Gasteiger partial charge is 0.319 e. The van der Waals surface area contributed by atoms with Crippen molar-refractivity contribution in [3.8, 4) is 0 Å². The Labute approximate surface area is 132 Å². The summed E-state index contributed by atoms with van der Waals surface area (Å²) in [7, 11) is 0. The van der Waals surface area contributed by atoms with Crippen molar-refractivity contribution in [2.75, 3.05) is 5.32 Å². The van der Waals surface area contributed by atoms with Crippen LogP contribution in [0.2, 0.25) is 5.02 Å². The van der Waals surface area contributed by atoms with Gasteiger partial charge in [-0.3, -0.25) is 4.79 Å². The highest BCUT2D eigenvalue weighted by Gasteiger charge is 2.06. The number of nitrogens with one attached hydrogen (secondary N) is 2. The number of anilines is 1. The molecule has 0 aliphatic carbocycles. The monoisotopic (exact) mass is 320 g/mol. The van der Waals surface area contributed by atoms with Crippen molar-refractivity contribution >= 4 is 29.1 Å². The third-order valence-corrected chi connectivity index (χ3v) is 3.36. The molecule has 0 saturated carbocycles. The van der Waals surface area contributed by atoms with Gasteiger partial charge in [0.25, 0.3) is 0 Å². The first kappa shape index (κ1) is 16.0. The van der Waals surface area contributed by atoms with E-state index in [0.717, 1.165) is 0 Å². The van der Waals surface area contributed by atoms with E-state index in [1.807, 2.05) is 0 Å². The Hall–Kier alpha value is -2.40. The third kappa shape index (κ3) is 4.30. The third-order valence-electron chi connectivity index (χ3n) is 3.00. The SMILES string of the molecule is CC(=O)c1ccc(NC(=O)NCc2ccc(F)cc2Cl)cc1. The molecule has 0 unspecified atom stereocenters. The van der Waals surface area contributed by atoms with Crippen LogP contribution in [-0.2, 0) is 6.54 Å². The average molecular weight is 321 g/mol. The van der Waals surface area contributed by atoms with Gasteiger partial charge in [0.2, 0.25) is 0 Å². The number of benzene rings is 2. The largest absolute Gasteiger partial charge is 0.334 e. The van der Waals surface area contributed by atoms with Crippen LogP contribution in [0.3, 0.4) is 0 Å². The van der Waals surface area contributed by atoms with Crippen molar-refractivity contribution in [2.24, 2.45) is 0 Å². The highest BCUT2D eigenvalue weighted by atomic mass is 35.5. The van der Waals surface area contributed by atoms with Gasteiger partial charge in [0, 0.05) is 22.8 Å². The van der Waals surface area contributed by atoms with Gasteiger partial charge in [-0.1, -0.05) is 17.7 Å². The summed E-state index contributed by atoms with van der Waals surface area (Å²) in [6.45, 7) is 1.65. The molecule has 0 bridgehead atoms. The fourth-order valence-corrected chi connectivity index (χ4v) is 2.04.